The summed E-state index contributed by atoms with van der Waals surface area (Å²) in [6.45, 7) is 6.71. The standard InChI is InChI=1S/C17H22F2N4O3S/c1-10-6-11(7-13(18)15(10)19)20-16(24)14-8-12(9-23(14)5)27(25,26)22-21-17(2,3)4/h6-9,21-22H,1-5H3,(H,20,24). The van der Waals surface area contributed by atoms with E-state index in [9.17, 15) is 22.0 Å². The Kier molecular flexibility index (Phi) is 5.74. The molecule has 0 fully saturated rings. The van der Waals surface area contributed by atoms with E-state index in [0.717, 1.165) is 6.07 Å². The quantitative estimate of drug-likeness (QED) is 0.673. The predicted molar refractivity (Wildman–Crippen MR) is 97.7 cm³/mol. The molecular weight excluding hydrogens is 378 g/mol. The molecule has 3 N–H and O–H groups in total. The molecule has 0 aliphatic carbocycles. The number of nitrogens with zero attached hydrogens (tertiary/aromatic N) is 1. The van der Waals surface area contributed by atoms with Gasteiger partial charge in [0.25, 0.3) is 15.9 Å². The number of sulfonamides is 1. The highest BCUT2D eigenvalue weighted by Crippen LogP contribution is 2.20. The highest BCUT2D eigenvalue weighted by atomic mass is 32.2. The average molecular weight is 400 g/mol. The van der Waals surface area contributed by atoms with Gasteiger partial charge in [-0.3, -0.25) is 4.79 Å². The average Bonchev–Trinajstić information content (AvgIpc) is 2.93. The van der Waals surface area contributed by atoms with Crippen molar-refractivity contribution in [1.29, 1.82) is 0 Å². The molecule has 0 unspecified atom stereocenters. The summed E-state index contributed by atoms with van der Waals surface area (Å²) in [6.07, 6.45) is 1.28. The summed E-state index contributed by atoms with van der Waals surface area (Å²) in [7, 11) is -2.39. The molecule has 2 aromatic rings. The van der Waals surface area contributed by atoms with E-state index >= 15 is 0 Å². The van der Waals surface area contributed by atoms with Gasteiger partial charge in [0.15, 0.2) is 11.6 Å². The second-order valence-corrected chi connectivity index (χ2v) is 8.88. The lowest BCUT2D eigenvalue weighted by Crippen LogP contribution is -2.48. The summed E-state index contributed by atoms with van der Waals surface area (Å²) in [4.78, 5) is 14.6. The summed E-state index contributed by atoms with van der Waals surface area (Å²) >= 11 is 0. The van der Waals surface area contributed by atoms with Crippen molar-refractivity contribution in [2.75, 3.05) is 5.32 Å². The van der Waals surface area contributed by atoms with Crippen LogP contribution in [0.4, 0.5) is 14.5 Å². The Hall–Kier alpha value is -2.30. The smallest absolute Gasteiger partial charge is 0.272 e. The number of carbonyl (C=O) groups excluding carboxylic acids is 1. The first-order valence-corrected chi connectivity index (χ1v) is 9.51. The molecule has 0 aliphatic heterocycles. The van der Waals surface area contributed by atoms with Crippen LogP contribution in [0.2, 0.25) is 0 Å². The zero-order valence-corrected chi connectivity index (χ0v) is 16.5. The van der Waals surface area contributed by atoms with E-state index in [2.05, 4.69) is 15.6 Å². The van der Waals surface area contributed by atoms with Crippen LogP contribution >= 0.6 is 0 Å². The number of benzene rings is 1. The SMILES string of the molecule is Cc1cc(NC(=O)c2cc(S(=O)(=O)NNC(C)(C)C)cn2C)cc(F)c1F. The number of rotatable bonds is 5. The number of hydrogen-bond acceptors (Lipinski definition) is 4. The second-order valence-electron chi connectivity index (χ2n) is 7.20. The number of nitrogens with one attached hydrogen (secondary N) is 3. The molecule has 1 aromatic heterocycles. The number of aryl methyl sites for hydroxylation is 2. The molecule has 0 spiro atoms. The van der Waals surface area contributed by atoms with Gasteiger partial charge in [-0.1, -0.05) is 0 Å². The minimum absolute atomic E-state index is 0.0357. The molecule has 1 heterocycles. The van der Waals surface area contributed by atoms with Gasteiger partial charge in [-0.2, -0.15) is 0 Å². The van der Waals surface area contributed by atoms with Crippen molar-refractivity contribution in [2.45, 2.75) is 38.1 Å². The van der Waals surface area contributed by atoms with Crippen LogP contribution in [0.1, 0.15) is 36.8 Å². The largest absolute Gasteiger partial charge is 0.345 e. The molecule has 10 heteroatoms. The fraction of sp³-hybridized carbons (Fsp3) is 0.353. The van der Waals surface area contributed by atoms with Crippen molar-refractivity contribution >= 4 is 21.6 Å². The lowest BCUT2D eigenvalue weighted by atomic mass is 10.1. The van der Waals surface area contributed by atoms with Crippen LogP contribution in [0, 0.1) is 18.6 Å². The van der Waals surface area contributed by atoms with E-state index in [4.69, 9.17) is 0 Å². The molecule has 27 heavy (non-hydrogen) atoms. The summed E-state index contributed by atoms with van der Waals surface area (Å²) < 4.78 is 52.9. The van der Waals surface area contributed by atoms with E-state index < -0.39 is 33.1 Å². The van der Waals surface area contributed by atoms with Crippen molar-refractivity contribution in [3.8, 4) is 0 Å². The van der Waals surface area contributed by atoms with Crippen LogP contribution in [0.3, 0.4) is 0 Å². The molecule has 0 saturated carbocycles. The summed E-state index contributed by atoms with van der Waals surface area (Å²) in [5.74, 6) is -2.73. The van der Waals surface area contributed by atoms with Gasteiger partial charge in [0.1, 0.15) is 10.6 Å². The molecule has 1 amide bonds. The Labute approximate surface area is 156 Å². The Morgan fingerprint density at radius 2 is 1.78 bits per heavy atom. The first kappa shape index (κ1) is 21.0. The molecule has 148 valence electrons. The van der Waals surface area contributed by atoms with Gasteiger partial charge >= 0.3 is 0 Å². The molecule has 0 aliphatic rings. The predicted octanol–water partition coefficient (Wildman–Crippen LogP) is 2.45. The minimum Gasteiger partial charge on any atom is -0.345 e. The number of hydrogen-bond donors (Lipinski definition) is 3. The van der Waals surface area contributed by atoms with E-state index in [1.54, 1.807) is 20.8 Å². The first-order chi connectivity index (χ1) is 12.3. The highest BCUT2D eigenvalue weighted by molar-refractivity contribution is 7.89. The van der Waals surface area contributed by atoms with Gasteiger partial charge in [-0.15, -0.1) is 4.83 Å². The topological polar surface area (TPSA) is 92.2 Å². The van der Waals surface area contributed by atoms with E-state index in [1.165, 1.54) is 36.9 Å². The molecule has 1 aromatic carbocycles. The maximum absolute atomic E-state index is 13.5. The molecular formula is C17H22F2N4O3S. The van der Waals surface area contributed by atoms with Crippen LogP contribution in [0.15, 0.2) is 29.3 Å². The van der Waals surface area contributed by atoms with Gasteiger partial charge in [-0.25, -0.2) is 22.6 Å². The van der Waals surface area contributed by atoms with Crippen molar-refractivity contribution in [3.05, 3.63) is 47.3 Å². The van der Waals surface area contributed by atoms with Crippen LogP contribution in [-0.2, 0) is 17.1 Å². The van der Waals surface area contributed by atoms with Crippen molar-refractivity contribution in [3.63, 3.8) is 0 Å². The number of hydrazine groups is 1. The Balaban J connectivity index is 2.24. The lowest BCUT2D eigenvalue weighted by molar-refractivity contribution is 0.101. The van der Waals surface area contributed by atoms with Gasteiger partial charge in [0.05, 0.1) is 0 Å². The minimum atomic E-state index is -3.89. The van der Waals surface area contributed by atoms with Gasteiger partial charge in [0, 0.05) is 30.5 Å². The van der Waals surface area contributed by atoms with Gasteiger partial charge in [0.2, 0.25) is 0 Å². The number of anilines is 1. The Morgan fingerprint density at radius 3 is 2.33 bits per heavy atom. The van der Waals surface area contributed by atoms with Crippen LogP contribution < -0.4 is 15.6 Å². The Morgan fingerprint density at radius 1 is 1.15 bits per heavy atom. The van der Waals surface area contributed by atoms with E-state index in [-0.39, 0.29) is 21.8 Å². The van der Waals surface area contributed by atoms with Crippen LogP contribution in [-0.4, -0.2) is 24.4 Å². The van der Waals surface area contributed by atoms with Crippen molar-refractivity contribution in [1.82, 2.24) is 14.8 Å². The third-order valence-corrected chi connectivity index (χ3v) is 4.77. The second kappa shape index (κ2) is 7.37. The first-order valence-electron chi connectivity index (χ1n) is 8.02. The summed E-state index contributed by atoms with van der Waals surface area (Å²) in [6, 6.07) is 3.33. The normalized spacial score (nSPS) is 12.3. The monoisotopic (exact) mass is 400 g/mol. The van der Waals surface area contributed by atoms with Crippen LogP contribution in [0.5, 0.6) is 0 Å². The van der Waals surface area contributed by atoms with Crippen molar-refractivity contribution in [2.24, 2.45) is 7.05 Å². The number of amides is 1. The fourth-order valence-corrected chi connectivity index (χ4v) is 3.30. The number of aromatic nitrogens is 1. The van der Waals surface area contributed by atoms with Crippen LogP contribution in [0.25, 0.3) is 0 Å². The molecule has 0 saturated heterocycles. The zero-order valence-electron chi connectivity index (χ0n) is 15.6. The lowest BCUT2D eigenvalue weighted by Gasteiger charge is -2.20. The number of halogens is 2. The third kappa shape index (κ3) is 5.12. The van der Waals surface area contributed by atoms with Gasteiger partial charge < -0.3 is 9.88 Å². The molecule has 2 rings (SSSR count). The Bertz CT molecular complexity index is 956. The highest BCUT2D eigenvalue weighted by Gasteiger charge is 2.22. The van der Waals surface area contributed by atoms with E-state index in [0.29, 0.717) is 0 Å². The zero-order chi connectivity index (χ0) is 20.6. The molecule has 0 radical (unpaired) electrons. The van der Waals surface area contributed by atoms with Crippen molar-refractivity contribution < 1.29 is 22.0 Å². The molecule has 7 nitrogen and oxygen atoms in total. The van der Waals surface area contributed by atoms with Gasteiger partial charge in [-0.05, 0) is 45.4 Å². The number of carbonyl (C=O) groups is 1. The maximum atomic E-state index is 13.5. The van der Waals surface area contributed by atoms with E-state index in [1.807, 2.05) is 0 Å². The maximum Gasteiger partial charge on any atom is 0.272 e. The molecule has 0 atom stereocenters. The fourth-order valence-electron chi connectivity index (χ4n) is 2.18. The molecule has 0 bridgehead atoms. The summed E-state index contributed by atoms with van der Waals surface area (Å²) in [5.41, 5.74) is 2.30. The third-order valence-electron chi connectivity index (χ3n) is 3.55. The summed E-state index contributed by atoms with van der Waals surface area (Å²) in [5, 5.41) is 2.43.